The van der Waals surface area contributed by atoms with Crippen molar-refractivity contribution < 1.29 is 37.2 Å². The van der Waals surface area contributed by atoms with Crippen LogP contribution >= 0.6 is 11.8 Å². The Balaban J connectivity index is 1.57. The van der Waals surface area contributed by atoms with Crippen molar-refractivity contribution in [1.82, 2.24) is 4.90 Å². The number of halogens is 3. The second-order valence-corrected chi connectivity index (χ2v) is 9.20. The Morgan fingerprint density at radius 1 is 1.03 bits per heavy atom. The number of nitrogens with zero attached hydrogens (tertiary/aromatic N) is 2. The van der Waals surface area contributed by atoms with Crippen LogP contribution in [0.5, 0.6) is 17.2 Å². The second-order valence-electron chi connectivity index (χ2n) is 8.21. The molecule has 1 saturated heterocycles. The molecule has 2 amide bonds. The van der Waals surface area contributed by atoms with E-state index in [1.165, 1.54) is 31.4 Å². The lowest BCUT2D eigenvalue weighted by Gasteiger charge is -2.13. The van der Waals surface area contributed by atoms with E-state index in [4.69, 9.17) is 9.47 Å². The molecule has 1 aliphatic rings. The molecule has 0 radical (unpaired) electrons. The summed E-state index contributed by atoms with van der Waals surface area (Å²) in [6.45, 7) is 2.04. The van der Waals surface area contributed by atoms with E-state index in [0.29, 0.717) is 17.7 Å². The number of amides is 2. The van der Waals surface area contributed by atoms with Crippen molar-refractivity contribution in [2.45, 2.75) is 19.6 Å². The number of methoxy groups -OCH3 is 1. The minimum Gasteiger partial charge on any atom is -0.493 e. The Morgan fingerprint density at radius 3 is 2.42 bits per heavy atom. The van der Waals surface area contributed by atoms with Gasteiger partial charge in [0, 0.05) is 6.07 Å². The first-order chi connectivity index (χ1) is 18.0. The normalized spacial score (nSPS) is 14.8. The molecular formula is C26H19F3N2O6S. The van der Waals surface area contributed by atoms with Crippen LogP contribution in [0.4, 0.5) is 23.7 Å². The number of imide groups is 1. The van der Waals surface area contributed by atoms with E-state index in [2.05, 4.69) is 0 Å². The zero-order valence-electron chi connectivity index (χ0n) is 19.9. The third-order valence-electron chi connectivity index (χ3n) is 5.49. The van der Waals surface area contributed by atoms with E-state index in [9.17, 15) is 32.9 Å². The molecule has 0 N–H and O–H groups in total. The van der Waals surface area contributed by atoms with Crippen molar-refractivity contribution in [2.24, 2.45) is 0 Å². The summed E-state index contributed by atoms with van der Waals surface area (Å²) < 4.78 is 49.8. The van der Waals surface area contributed by atoms with Crippen molar-refractivity contribution in [3.05, 3.63) is 97.9 Å². The van der Waals surface area contributed by atoms with Crippen LogP contribution < -0.4 is 9.47 Å². The molecule has 0 aromatic heterocycles. The van der Waals surface area contributed by atoms with Gasteiger partial charge in [0.05, 0.1) is 29.0 Å². The largest absolute Gasteiger partial charge is 0.493 e. The van der Waals surface area contributed by atoms with Gasteiger partial charge in [0.25, 0.3) is 11.1 Å². The number of thioether (sulfide) groups is 1. The molecule has 1 aliphatic heterocycles. The SMILES string of the molecule is COc1cc(/C=C2/SC(=O)N(Cc3cccc(C)c3)C2=O)ccc1Oc1ccc(C(F)(F)F)cc1[N+](=O)[O-]. The predicted molar refractivity (Wildman–Crippen MR) is 134 cm³/mol. The maximum absolute atomic E-state index is 13.0. The molecular weight excluding hydrogens is 525 g/mol. The first-order valence-corrected chi connectivity index (χ1v) is 11.8. The Morgan fingerprint density at radius 2 is 1.76 bits per heavy atom. The molecule has 38 heavy (non-hydrogen) atoms. The van der Waals surface area contributed by atoms with Gasteiger partial charge < -0.3 is 9.47 Å². The van der Waals surface area contributed by atoms with Crippen LogP contribution in [0.25, 0.3) is 6.08 Å². The fourth-order valence-electron chi connectivity index (χ4n) is 3.68. The van der Waals surface area contributed by atoms with Gasteiger partial charge in [0.2, 0.25) is 5.75 Å². The highest BCUT2D eigenvalue weighted by Crippen LogP contribution is 2.41. The molecule has 8 nitrogen and oxygen atoms in total. The van der Waals surface area contributed by atoms with Crippen LogP contribution in [0.3, 0.4) is 0 Å². The Hall–Kier alpha value is -4.32. The summed E-state index contributed by atoms with van der Waals surface area (Å²) in [6.07, 6.45) is -3.27. The molecule has 0 unspecified atom stereocenters. The molecule has 0 spiro atoms. The van der Waals surface area contributed by atoms with E-state index >= 15 is 0 Å². The molecule has 0 saturated carbocycles. The number of rotatable bonds is 7. The summed E-state index contributed by atoms with van der Waals surface area (Å²) >= 11 is 0.788. The van der Waals surface area contributed by atoms with Crippen molar-refractivity contribution >= 4 is 34.7 Å². The maximum atomic E-state index is 13.0. The molecule has 196 valence electrons. The van der Waals surface area contributed by atoms with E-state index < -0.39 is 39.2 Å². The fraction of sp³-hybridized carbons (Fsp3) is 0.154. The lowest BCUT2D eigenvalue weighted by molar-refractivity contribution is -0.385. The second kappa shape index (κ2) is 10.6. The van der Waals surface area contributed by atoms with Crippen LogP contribution in [0, 0.1) is 17.0 Å². The topological polar surface area (TPSA) is 99.0 Å². The van der Waals surface area contributed by atoms with Crippen molar-refractivity contribution in [1.29, 1.82) is 0 Å². The first-order valence-electron chi connectivity index (χ1n) is 11.0. The van der Waals surface area contributed by atoms with Gasteiger partial charge in [-0.2, -0.15) is 13.2 Å². The quantitative estimate of drug-likeness (QED) is 0.180. The smallest absolute Gasteiger partial charge is 0.416 e. The zero-order chi connectivity index (χ0) is 27.6. The number of hydrogen-bond acceptors (Lipinski definition) is 7. The number of benzene rings is 3. The lowest BCUT2D eigenvalue weighted by atomic mass is 10.1. The van der Waals surface area contributed by atoms with Crippen LogP contribution in [-0.4, -0.2) is 28.1 Å². The van der Waals surface area contributed by atoms with E-state index in [1.807, 2.05) is 31.2 Å². The highest BCUT2D eigenvalue weighted by Gasteiger charge is 2.35. The number of nitro benzene ring substituents is 1. The number of carbonyl (C=O) groups excluding carboxylic acids is 2. The van der Waals surface area contributed by atoms with Gasteiger partial charge >= 0.3 is 11.9 Å². The molecule has 0 aliphatic carbocycles. The summed E-state index contributed by atoms with van der Waals surface area (Å²) in [5.41, 5.74) is 0.232. The molecule has 0 bridgehead atoms. The zero-order valence-corrected chi connectivity index (χ0v) is 20.8. The van der Waals surface area contributed by atoms with Gasteiger partial charge in [-0.3, -0.25) is 24.6 Å². The van der Waals surface area contributed by atoms with Crippen LogP contribution in [0.15, 0.2) is 65.6 Å². The summed E-state index contributed by atoms with van der Waals surface area (Å²) in [4.78, 5) is 37.1. The van der Waals surface area contributed by atoms with Gasteiger partial charge in [0.15, 0.2) is 11.5 Å². The van der Waals surface area contributed by atoms with E-state index in [-0.39, 0.29) is 22.9 Å². The van der Waals surface area contributed by atoms with Gasteiger partial charge in [-0.15, -0.1) is 0 Å². The minimum absolute atomic E-state index is 0.0000561. The van der Waals surface area contributed by atoms with Crippen molar-refractivity contribution in [2.75, 3.05) is 7.11 Å². The van der Waals surface area contributed by atoms with Crippen LogP contribution in [-0.2, 0) is 17.5 Å². The van der Waals surface area contributed by atoms with Crippen LogP contribution in [0.1, 0.15) is 22.3 Å². The molecule has 0 atom stereocenters. The molecule has 1 fully saturated rings. The summed E-state index contributed by atoms with van der Waals surface area (Å²) in [6, 6.07) is 13.8. The average Bonchev–Trinajstić information content (AvgIpc) is 3.11. The Labute approximate surface area is 218 Å². The summed E-state index contributed by atoms with van der Waals surface area (Å²) in [7, 11) is 1.31. The predicted octanol–water partition coefficient (Wildman–Crippen LogP) is 6.96. The van der Waals surface area contributed by atoms with Gasteiger partial charge in [0.1, 0.15) is 0 Å². The maximum Gasteiger partial charge on any atom is 0.416 e. The molecule has 1 heterocycles. The number of carbonyl (C=O) groups is 2. The fourth-order valence-corrected chi connectivity index (χ4v) is 4.52. The minimum atomic E-state index is -4.76. The van der Waals surface area contributed by atoms with E-state index in [0.717, 1.165) is 33.9 Å². The Kier molecular flexibility index (Phi) is 7.44. The van der Waals surface area contributed by atoms with Crippen molar-refractivity contribution in [3.63, 3.8) is 0 Å². The highest BCUT2D eigenvalue weighted by atomic mass is 32.2. The molecule has 3 aromatic rings. The highest BCUT2D eigenvalue weighted by molar-refractivity contribution is 8.18. The summed E-state index contributed by atoms with van der Waals surface area (Å²) in [5.74, 6) is -0.764. The van der Waals surface area contributed by atoms with Gasteiger partial charge in [-0.1, -0.05) is 35.9 Å². The molecule has 12 heteroatoms. The third-order valence-corrected chi connectivity index (χ3v) is 6.39. The number of ether oxygens (including phenoxy) is 2. The van der Waals surface area contributed by atoms with Crippen LogP contribution in [0.2, 0.25) is 0 Å². The van der Waals surface area contributed by atoms with Crippen molar-refractivity contribution in [3.8, 4) is 17.2 Å². The first kappa shape index (κ1) is 26.7. The number of alkyl halides is 3. The number of nitro groups is 1. The average molecular weight is 545 g/mol. The third kappa shape index (κ3) is 5.80. The standard InChI is InChI=1S/C26H19F3N2O6S/c1-15-4-3-5-17(10-15)14-30-24(32)23(38-25(30)33)12-16-6-8-21(22(11-16)36-2)37-20-9-7-18(26(27,28)29)13-19(20)31(34)35/h3-13H,14H2,1-2H3/b23-12+. The molecule has 4 rings (SSSR count). The number of aryl methyl sites for hydroxylation is 1. The Bertz CT molecular complexity index is 1470. The monoisotopic (exact) mass is 544 g/mol. The summed E-state index contributed by atoms with van der Waals surface area (Å²) in [5, 5.41) is 10.9. The lowest BCUT2D eigenvalue weighted by Crippen LogP contribution is -2.27. The van der Waals surface area contributed by atoms with Gasteiger partial charge in [-0.25, -0.2) is 0 Å². The number of hydrogen-bond donors (Lipinski definition) is 0. The molecule has 3 aromatic carbocycles. The van der Waals surface area contributed by atoms with Gasteiger partial charge in [-0.05, 0) is 60.2 Å². The van der Waals surface area contributed by atoms with E-state index in [1.54, 1.807) is 0 Å².